The maximum atomic E-state index is 10.8. The van der Waals surface area contributed by atoms with Crippen LogP contribution in [0.15, 0.2) is 42.6 Å². The van der Waals surface area contributed by atoms with Gasteiger partial charge in [0.25, 0.3) is 0 Å². The van der Waals surface area contributed by atoms with Crippen LogP contribution in [0.4, 0.5) is 5.82 Å². The maximum absolute atomic E-state index is 10.8. The van der Waals surface area contributed by atoms with Crippen LogP contribution in [-0.4, -0.2) is 44.1 Å². The predicted molar refractivity (Wildman–Crippen MR) is 84.6 cm³/mol. The monoisotopic (exact) mass is 309 g/mol. The fourth-order valence-corrected chi connectivity index (χ4v) is 3.04. The van der Waals surface area contributed by atoms with Gasteiger partial charge in [-0.2, -0.15) is 5.10 Å². The van der Waals surface area contributed by atoms with Gasteiger partial charge in [0.2, 0.25) is 0 Å². The Morgan fingerprint density at radius 3 is 2.83 bits per heavy atom. The lowest BCUT2D eigenvalue weighted by Gasteiger charge is -2.17. The van der Waals surface area contributed by atoms with Gasteiger partial charge < -0.3 is 10.0 Å². The average Bonchev–Trinajstić information content (AvgIpc) is 3.21. The van der Waals surface area contributed by atoms with Crippen LogP contribution in [0, 0.1) is 0 Å². The molecule has 0 spiro atoms. The Bertz CT molecular complexity index is 858. The highest BCUT2D eigenvalue weighted by Crippen LogP contribution is 2.27. The molecule has 0 amide bonds. The summed E-state index contributed by atoms with van der Waals surface area (Å²) in [6.07, 6.45) is 2.85. The molecule has 4 rings (SSSR count). The molecule has 1 N–H and O–H groups in total. The van der Waals surface area contributed by atoms with Gasteiger partial charge in [-0.1, -0.05) is 18.2 Å². The highest BCUT2D eigenvalue weighted by molar-refractivity contribution is 5.85. The third kappa shape index (κ3) is 2.40. The molecule has 1 aromatic carbocycles. The SMILES string of the molecule is O=C(O)c1ccc(N2CCC(n3ncc4ccccc43)C2)nn1. The fraction of sp³-hybridized carbons (Fsp3) is 0.250. The number of carboxylic acids is 1. The first-order valence-electron chi connectivity index (χ1n) is 7.46. The van der Waals surface area contributed by atoms with E-state index in [4.69, 9.17) is 5.11 Å². The lowest BCUT2D eigenvalue weighted by molar-refractivity contribution is 0.0689. The topological polar surface area (TPSA) is 84.1 Å². The average molecular weight is 309 g/mol. The molecule has 1 aliphatic rings. The third-order valence-electron chi connectivity index (χ3n) is 4.21. The lowest BCUT2D eigenvalue weighted by Crippen LogP contribution is -2.22. The molecule has 1 saturated heterocycles. The van der Waals surface area contributed by atoms with Crippen LogP contribution in [0.25, 0.3) is 10.9 Å². The number of benzene rings is 1. The van der Waals surface area contributed by atoms with Gasteiger partial charge in [-0.3, -0.25) is 4.68 Å². The number of nitrogens with zero attached hydrogens (tertiary/aromatic N) is 5. The van der Waals surface area contributed by atoms with E-state index in [0.717, 1.165) is 30.4 Å². The van der Waals surface area contributed by atoms with Crippen molar-refractivity contribution in [2.75, 3.05) is 18.0 Å². The van der Waals surface area contributed by atoms with Crippen LogP contribution >= 0.6 is 0 Å². The summed E-state index contributed by atoms with van der Waals surface area (Å²) in [5, 5.41) is 22.3. The summed E-state index contributed by atoms with van der Waals surface area (Å²) in [5.74, 6) is -0.361. The van der Waals surface area contributed by atoms with E-state index < -0.39 is 5.97 Å². The van der Waals surface area contributed by atoms with Crippen molar-refractivity contribution in [3.05, 3.63) is 48.3 Å². The third-order valence-corrected chi connectivity index (χ3v) is 4.21. The first-order chi connectivity index (χ1) is 11.2. The van der Waals surface area contributed by atoms with E-state index >= 15 is 0 Å². The van der Waals surface area contributed by atoms with Gasteiger partial charge in [-0.25, -0.2) is 4.79 Å². The van der Waals surface area contributed by atoms with E-state index in [2.05, 4.69) is 37.0 Å². The normalized spacial score (nSPS) is 17.7. The summed E-state index contributed by atoms with van der Waals surface area (Å²) in [6, 6.07) is 11.6. The maximum Gasteiger partial charge on any atom is 0.356 e. The minimum Gasteiger partial charge on any atom is -0.476 e. The molecule has 0 bridgehead atoms. The molecule has 1 fully saturated rings. The molecule has 1 atom stereocenters. The fourth-order valence-electron chi connectivity index (χ4n) is 3.04. The zero-order chi connectivity index (χ0) is 15.8. The van der Waals surface area contributed by atoms with Crippen LogP contribution in [0.1, 0.15) is 23.0 Å². The van der Waals surface area contributed by atoms with Crippen molar-refractivity contribution >= 4 is 22.7 Å². The Kier molecular flexibility index (Phi) is 3.18. The van der Waals surface area contributed by atoms with Crippen LogP contribution in [0.2, 0.25) is 0 Å². The van der Waals surface area contributed by atoms with E-state index in [1.54, 1.807) is 6.07 Å². The Labute approximate surface area is 132 Å². The van der Waals surface area contributed by atoms with Crippen LogP contribution in [0.5, 0.6) is 0 Å². The van der Waals surface area contributed by atoms with Crippen molar-refractivity contribution in [2.24, 2.45) is 0 Å². The quantitative estimate of drug-likeness (QED) is 0.796. The Morgan fingerprint density at radius 1 is 1.17 bits per heavy atom. The number of carboxylic acid groups (broad SMARTS) is 1. The number of rotatable bonds is 3. The number of hydrogen-bond donors (Lipinski definition) is 1. The zero-order valence-electron chi connectivity index (χ0n) is 12.3. The summed E-state index contributed by atoms with van der Waals surface area (Å²) in [4.78, 5) is 12.9. The minimum absolute atomic E-state index is 0.0393. The number of fused-ring (bicyclic) bond motifs is 1. The lowest BCUT2D eigenvalue weighted by atomic mass is 10.2. The van der Waals surface area contributed by atoms with Crippen molar-refractivity contribution in [2.45, 2.75) is 12.5 Å². The highest BCUT2D eigenvalue weighted by atomic mass is 16.4. The van der Waals surface area contributed by atoms with Gasteiger partial charge in [0.1, 0.15) is 0 Å². The van der Waals surface area contributed by atoms with E-state index in [0.29, 0.717) is 5.82 Å². The summed E-state index contributed by atoms with van der Waals surface area (Å²) >= 11 is 0. The molecule has 0 radical (unpaired) electrons. The molecule has 1 unspecified atom stereocenters. The summed E-state index contributed by atoms with van der Waals surface area (Å²) in [7, 11) is 0. The number of anilines is 1. The smallest absolute Gasteiger partial charge is 0.356 e. The van der Waals surface area contributed by atoms with Crippen LogP contribution in [-0.2, 0) is 0 Å². The molecule has 3 aromatic rings. The predicted octanol–water partition coefficient (Wildman–Crippen LogP) is 1.98. The van der Waals surface area contributed by atoms with Crippen molar-refractivity contribution < 1.29 is 9.90 Å². The van der Waals surface area contributed by atoms with E-state index in [-0.39, 0.29) is 11.7 Å². The standard InChI is InChI=1S/C16H15N5O2/c22-16(23)13-5-6-15(19-18-13)20-8-7-12(10-20)21-14-4-2-1-3-11(14)9-17-21/h1-6,9,12H,7-8,10H2,(H,22,23). The second-order valence-electron chi connectivity index (χ2n) is 5.62. The molecule has 0 saturated carbocycles. The molecular weight excluding hydrogens is 294 g/mol. The van der Waals surface area contributed by atoms with Crippen molar-refractivity contribution in [3.8, 4) is 0 Å². The highest BCUT2D eigenvalue weighted by Gasteiger charge is 2.26. The second-order valence-corrected chi connectivity index (χ2v) is 5.62. The van der Waals surface area contributed by atoms with E-state index in [9.17, 15) is 4.79 Å². The number of aromatic carboxylic acids is 1. The Morgan fingerprint density at radius 2 is 2.04 bits per heavy atom. The van der Waals surface area contributed by atoms with Gasteiger partial charge in [0, 0.05) is 18.5 Å². The Balaban J connectivity index is 1.56. The molecule has 1 aliphatic heterocycles. The van der Waals surface area contributed by atoms with Gasteiger partial charge >= 0.3 is 5.97 Å². The van der Waals surface area contributed by atoms with Crippen LogP contribution < -0.4 is 4.90 Å². The first-order valence-corrected chi connectivity index (χ1v) is 7.46. The number of aromatic nitrogens is 4. The zero-order valence-corrected chi connectivity index (χ0v) is 12.3. The van der Waals surface area contributed by atoms with Gasteiger partial charge in [0.15, 0.2) is 11.5 Å². The molecule has 0 aliphatic carbocycles. The first kappa shape index (κ1) is 13.7. The van der Waals surface area contributed by atoms with Crippen molar-refractivity contribution in [1.29, 1.82) is 0 Å². The number of para-hydroxylation sites is 1. The summed E-state index contributed by atoms with van der Waals surface area (Å²) in [6.45, 7) is 1.63. The molecular formula is C16H15N5O2. The molecule has 116 valence electrons. The molecule has 2 aromatic heterocycles. The molecule has 7 heteroatoms. The molecule has 23 heavy (non-hydrogen) atoms. The molecule has 3 heterocycles. The van der Waals surface area contributed by atoms with E-state index in [1.165, 1.54) is 6.07 Å². The summed E-state index contributed by atoms with van der Waals surface area (Å²) in [5.41, 5.74) is 1.09. The van der Waals surface area contributed by atoms with E-state index in [1.807, 2.05) is 18.3 Å². The Hall–Kier alpha value is -2.96. The van der Waals surface area contributed by atoms with Crippen LogP contribution in [0.3, 0.4) is 0 Å². The van der Waals surface area contributed by atoms with Gasteiger partial charge in [-0.05, 0) is 24.6 Å². The van der Waals surface area contributed by atoms with Gasteiger partial charge in [0.05, 0.1) is 17.8 Å². The number of carbonyl (C=O) groups is 1. The van der Waals surface area contributed by atoms with Gasteiger partial charge in [-0.15, -0.1) is 10.2 Å². The second kappa shape index (κ2) is 5.35. The minimum atomic E-state index is -1.06. The number of hydrogen-bond acceptors (Lipinski definition) is 5. The molecule has 7 nitrogen and oxygen atoms in total. The van der Waals surface area contributed by atoms with Crippen molar-refractivity contribution in [1.82, 2.24) is 20.0 Å². The largest absolute Gasteiger partial charge is 0.476 e. The summed E-state index contributed by atoms with van der Waals surface area (Å²) < 4.78 is 2.06. The van der Waals surface area contributed by atoms with Crippen molar-refractivity contribution in [3.63, 3.8) is 0 Å².